The third kappa shape index (κ3) is 6.50. The van der Waals surface area contributed by atoms with E-state index in [1.54, 1.807) is 24.3 Å². The van der Waals surface area contributed by atoms with E-state index in [-0.39, 0.29) is 16.9 Å². The Labute approximate surface area is 212 Å². The molecule has 0 radical (unpaired) electrons. The lowest BCUT2D eigenvalue weighted by molar-refractivity contribution is -0.140. The number of hydrogen-bond acceptors (Lipinski definition) is 4. The van der Waals surface area contributed by atoms with Crippen molar-refractivity contribution in [3.05, 3.63) is 76.1 Å². The highest BCUT2D eigenvalue weighted by molar-refractivity contribution is 6.47. The number of unbranched alkanes of at least 4 members (excludes halogenated alkanes) is 2. The maximum absolute atomic E-state index is 13.4. The number of nitrogens with zero attached hydrogens (tertiary/aromatic N) is 2. The molecule has 3 rings (SSSR count). The van der Waals surface area contributed by atoms with E-state index in [9.17, 15) is 19.1 Å². The van der Waals surface area contributed by atoms with Gasteiger partial charge in [0.25, 0.3) is 11.7 Å². The van der Waals surface area contributed by atoms with Crippen LogP contribution >= 0.6 is 11.6 Å². The number of aliphatic hydroxyl groups excluding tert-OH is 1. The fourth-order valence-electron chi connectivity index (χ4n) is 4.46. The fraction of sp³-hybridized carbons (Fsp3) is 0.429. The Morgan fingerprint density at radius 1 is 0.971 bits per heavy atom. The molecule has 35 heavy (non-hydrogen) atoms. The molecule has 1 aliphatic rings. The first-order valence-electron chi connectivity index (χ1n) is 12.4. The molecular formula is C28H34ClFN2O3. The van der Waals surface area contributed by atoms with Crippen molar-refractivity contribution in [1.29, 1.82) is 0 Å². The van der Waals surface area contributed by atoms with Gasteiger partial charge in [0, 0.05) is 17.1 Å². The Kier molecular flexibility index (Phi) is 9.87. The summed E-state index contributed by atoms with van der Waals surface area (Å²) in [4.78, 5) is 30.2. The predicted molar refractivity (Wildman–Crippen MR) is 138 cm³/mol. The summed E-state index contributed by atoms with van der Waals surface area (Å²) in [6, 6.07) is 11.4. The molecule has 0 bridgehead atoms. The van der Waals surface area contributed by atoms with Crippen LogP contribution in [0.3, 0.4) is 0 Å². The third-order valence-electron chi connectivity index (χ3n) is 6.39. The van der Waals surface area contributed by atoms with Gasteiger partial charge in [-0.1, -0.05) is 56.5 Å². The number of amides is 1. The molecule has 2 aromatic carbocycles. The van der Waals surface area contributed by atoms with Crippen molar-refractivity contribution in [2.45, 2.75) is 52.0 Å². The molecule has 2 aromatic rings. The number of likely N-dealkylation sites (tertiary alicyclic amines) is 1. The zero-order valence-electron chi connectivity index (χ0n) is 20.5. The van der Waals surface area contributed by atoms with Crippen molar-refractivity contribution >= 4 is 29.1 Å². The molecule has 0 spiro atoms. The van der Waals surface area contributed by atoms with E-state index < -0.39 is 23.5 Å². The van der Waals surface area contributed by atoms with E-state index in [1.165, 1.54) is 29.2 Å². The van der Waals surface area contributed by atoms with Crippen molar-refractivity contribution in [2.75, 3.05) is 26.2 Å². The summed E-state index contributed by atoms with van der Waals surface area (Å²) in [6.07, 6.45) is 5.16. The average Bonchev–Trinajstić information content (AvgIpc) is 3.10. The van der Waals surface area contributed by atoms with Crippen molar-refractivity contribution in [3.8, 4) is 0 Å². The van der Waals surface area contributed by atoms with E-state index in [0.717, 1.165) is 45.3 Å². The fourth-order valence-corrected chi connectivity index (χ4v) is 4.70. The molecule has 1 unspecified atom stereocenters. The van der Waals surface area contributed by atoms with E-state index in [1.807, 2.05) is 0 Å². The first kappa shape index (κ1) is 26.9. The van der Waals surface area contributed by atoms with Crippen LogP contribution in [0.4, 0.5) is 4.39 Å². The number of carbonyl (C=O) groups excluding carboxylic acids is 2. The highest BCUT2D eigenvalue weighted by Crippen LogP contribution is 2.41. The summed E-state index contributed by atoms with van der Waals surface area (Å²) in [6.45, 7) is 7.53. The molecule has 1 aliphatic heterocycles. The van der Waals surface area contributed by atoms with Crippen molar-refractivity contribution < 1.29 is 19.1 Å². The van der Waals surface area contributed by atoms with Crippen LogP contribution in [-0.2, 0) is 9.59 Å². The van der Waals surface area contributed by atoms with Gasteiger partial charge in [-0.15, -0.1) is 0 Å². The number of carbonyl (C=O) groups is 2. The SMILES string of the molecule is CCCCN(CCCC)CCCN1C(=O)C(=O)C(=C(O)c2ccc(F)cc2)C1c1ccccc1Cl. The van der Waals surface area contributed by atoms with Gasteiger partial charge in [-0.25, -0.2) is 4.39 Å². The summed E-state index contributed by atoms with van der Waals surface area (Å²) in [5.41, 5.74) is 0.821. The Morgan fingerprint density at radius 2 is 1.57 bits per heavy atom. The second kappa shape index (κ2) is 12.8. The number of Topliss-reactive ketones (excluding diaryl/α,β-unsaturated/α-hetero) is 1. The van der Waals surface area contributed by atoms with E-state index >= 15 is 0 Å². The topological polar surface area (TPSA) is 60.9 Å². The van der Waals surface area contributed by atoms with Crippen molar-refractivity contribution in [3.63, 3.8) is 0 Å². The maximum Gasteiger partial charge on any atom is 0.295 e. The number of hydrogen-bond donors (Lipinski definition) is 1. The van der Waals surface area contributed by atoms with Crippen LogP contribution in [0.2, 0.25) is 5.02 Å². The first-order chi connectivity index (χ1) is 16.9. The number of aliphatic hydroxyl groups is 1. The lowest BCUT2D eigenvalue weighted by Gasteiger charge is -2.28. The summed E-state index contributed by atoms with van der Waals surface area (Å²) < 4.78 is 13.4. The molecule has 188 valence electrons. The van der Waals surface area contributed by atoms with Crippen LogP contribution in [0.5, 0.6) is 0 Å². The smallest absolute Gasteiger partial charge is 0.295 e. The quantitative estimate of drug-likeness (QED) is 0.214. The van der Waals surface area contributed by atoms with Gasteiger partial charge in [0.05, 0.1) is 11.6 Å². The van der Waals surface area contributed by atoms with E-state index in [2.05, 4.69) is 18.7 Å². The highest BCUT2D eigenvalue weighted by atomic mass is 35.5. The molecule has 0 saturated carbocycles. The standard InChI is InChI=1S/C28H34ClFN2O3/c1-3-5-16-31(17-6-4-2)18-9-19-32-25(22-10-7-8-11-23(22)29)24(27(34)28(32)35)26(33)20-12-14-21(30)15-13-20/h7-8,10-15,25,33H,3-6,9,16-19H2,1-2H3. The lowest BCUT2D eigenvalue weighted by atomic mass is 9.95. The Balaban J connectivity index is 1.92. The zero-order valence-corrected chi connectivity index (χ0v) is 21.2. The number of benzene rings is 2. The normalized spacial score (nSPS) is 17.5. The van der Waals surface area contributed by atoms with Gasteiger partial charge in [0.2, 0.25) is 0 Å². The average molecular weight is 501 g/mol. The van der Waals surface area contributed by atoms with Gasteiger partial charge in [0.1, 0.15) is 11.6 Å². The Bertz CT molecular complexity index is 1050. The lowest BCUT2D eigenvalue weighted by Crippen LogP contribution is -2.34. The molecule has 1 amide bonds. The summed E-state index contributed by atoms with van der Waals surface area (Å²) in [5.74, 6) is -2.21. The molecule has 7 heteroatoms. The summed E-state index contributed by atoms with van der Waals surface area (Å²) in [5, 5.41) is 11.5. The van der Waals surface area contributed by atoms with Crippen LogP contribution in [0.25, 0.3) is 5.76 Å². The number of ketones is 1. The van der Waals surface area contributed by atoms with Crippen LogP contribution < -0.4 is 0 Å². The second-order valence-electron chi connectivity index (χ2n) is 8.92. The highest BCUT2D eigenvalue weighted by Gasteiger charge is 2.46. The summed E-state index contributed by atoms with van der Waals surface area (Å²) in [7, 11) is 0. The van der Waals surface area contributed by atoms with Gasteiger partial charge < -0.3 is 14.9 Å². The zero-order chi connectivity index (χ0) is 25.4. The third-order valence-corrected chi connectivity index (χ3v) is 6.73. The molecule has 5 nitrogen and oxygen atoms in total. The Morgan fingerprint density at radius 3 is 2.17 bits per heavy atom. The van der Waals surface area contributed by atoms with Crippen LogP contribution in [-0.4, -0.2) is 52.8 Å². The molecule has 1 saturated heterocycles. The van der Waals surface area contributed by atoms with Gasteiger partial charge in [-0.3, -0.25) is 9.59 Å². The van der Waals surface area contributed by atoms with E-state index in [0.29, 0.717) is 23.6 Å². The minimum absolute atomic E-state index is 0.0245. The minimum atomic E-state index is -0.812. The number of rotatable bonds is 12. The van der Waals surface area contributed by atoms with Crippen molar-refractivity contribution in [2.24, 2.45) is 0 Å². The molecular weight excluding hydrogens is 467 g/mol. The van der Waals surface area contributed by atoms with E-state index in [4.69, 9.17) is 11.6 Å². The molecule has 1 fully saturated rings. The number of halogens is 2. The van der Waals surface area contributed by atoms with Gasteiger partial charge in [0.15, 0.2) is 0 Å². The molecule has 1 heterocycles. The van der Waals surface area contributed by atoms with Gasteiger partial charge >= 0.3 is 0 Å². The first-order valence-corrected chi connectivity index (χ1v) is 12.8. The molecule has 1 N–H and O–H groups in total. The Hall–Kier alpha value is -2.70. The van der Waals surface area contributed by atoms with Crippen molar-refractivity contribution in [1.82, 2.24) is 9.80 Å². The minimum Gasteiger partial charge on any atom is -0.507 e. The molecule has 0 aliphatic carbocycles. The maximum atomic E-state index is 13.4. The predicted octanol–water partition coefficient (Wildman–Crippen LogP) is 6.19. The van der Waals surface area contributed by atoms with Crippen LogP contribution in [0.1, 0.15) is 63.1 Å². The summed E-state index contributed by atoms with van der Waals surface area (Å²) >= 11 is 6.49. The second-order valence-corrected chi connectivity index (χ2v) is 9.33. The van der Waals surface area contributed by atoms with Crippen LogP contribution in [0, 0.1) is 5.82 Å². The molecule has 0 aromatic heterocycles. The molecule has 1 atom stereocenters. The monoisotopic (exact) mass is 500 g/mol. The largest absolute Gasteiger partial charge is 0.507 e. The van der Waals surface area contributed by atoms with Gasteiger partial charge in [-0.05, 0) is 74.8 Å². The van der Waals surface area contributed by atoms with Gasteiger partial charge in [-0.2, -0.15) is 0 Å². The van der Waals surface area contributed by atoms with Crippen LogP contribution in [0.15, 0.2) is 54.1 Å².